The smallest absolute Gasteiger partial charge is 0.422 e. The maximum Gasteiger partial charge on any atom is 0.422 e. The summed E-state index contributed by atoms with van der Waals surface area (Å²) in [5.41, 5.74) is -0.157. The average Bonchev–Trinajstić information content (AvgIpc) is 2.57. The van der Waals surface area contributed by atoms with Crippen molar-refractivity contribution in [1.29, 1.82) is 0 Å². The Labute approximate surface area is 150 Å². The molecule has 0 unspecified atom stereocenters. The van der Waals surface area contributed by atoms with Gasteiger partial charge in [-0.05, 0) is 29.8 Å². The molecular formula is C16H12ClF3N2O4. The van der Waals surface area contributed by atoms with Gasteiger partial charge in [-0.15, -0.1) is 0 Å². The van der Waals surface area contributed by atoms with Crippen molar-refractivity contribution in [3.63, 3.8) is 0 Å². The third-order valence-electron chi connectivity index (χ3n) is 3.16. The van der Waals surface area contributed by atoms with Crippen LogP contribution in [0.3, 0.4) is 0 Å². The second-order valence-electron chi connectivity index (χ2n) is 5.15. The van der Waals surface area contributed by atoms with E-state index in [1.807, 2.05) is 0 Å². The molecule has 0 spiro atoms. The molecule has 1 amide bonds. The number of amides is 1. The zero-order valence-electron chi connectivity index (χ0n) is 13.0. The summed E-state index contributed by atoms with van der Waals surface area (Å²) >= 11 is 5.69. The van der Waals surface area contributed by atoms with E-state index >= 15 is 0 Å². The molecule has 0 heterocycles. The highest BCUT2D eigenvalue weighted by atomic mass is 35.5. The third-order valence-corrected chi connectivity index (χ3v) is 3.39. The van der Waals surface area contributed by atoms with Crippen molar-refractivity contribution in [3.05, 3.63) is 68.7 Å². The predicted octanol–water partition coefficient (Wildman–Crippen LogP) is 4.12. The summed E-state index contributed by atoms with van der Waals surface area (Å²) in [6, 6.07) is 9.34. The predicted molar refractivity (Wildman–Crippen MR) is 87.3 cm³/mol. The molecule has 1 N–H and O–H groups in total. The largest absolute Gasteiger partial charge is 0.484 e. The van der Waals surface area contributed by atoms with Crippen LogP contribution >= 0.6 is 11.6 Å². The standard InChI is InChI=1S/C16H12ClF3N2O4/c17-11-4-5-13(14(7-11)22(24)25)15(23)21-8-10-2-1-3-12(6-10)26-9-16(18,19)20/h1-7H,8-9H2,(H,21,23). The molecule has 0 aliphatic rings. The SMILES string of the molecule is O=C(NCc1cccc(OCC(F)(F)F)c1)c1ccc(Cl)cc1[N+](=O)[O-]. The third kappa shape index (κ3) is 5.62. The molecule has 0 fully saturated rings. The van der Waals surface area contributed by atoms with Crippen LogP contribution in [-0.4, -0.2) is 23.6 Å². The van der Waals surface area contributed by atoms with Crippen LogP contribution in [0.15, 0.2) is 42.5 Å². The van der Waals surface area contributed by atoms with Gasteiger partial charge in [0.05, 0.1) is 4.92 Å². The first-order valence-corrected chi connectivity index (χ1v) is 7.54. The van der Waals surface area contributed by atoms with Crippen molar-refractivity contribution in [2.75, 3.05) is 6.61 Å². The number of nitro groups is 1. The highest BCUT2D eigenvalue weighted by molar-refractivity contribution is 6.31. The summed E-state index contributed by atoms with van der Waals surface area (Å²) < 4.78 is 41.1. The first-order valence-electron chi connectivity index (χ1n) is 7.16. The molecule has 0 atom stereocenters. The number of nitro benzene ring substituents is 1. The minimum absolute atomic E-state index is 0.00783. The van der Waals surface area contributed by atoms with Crippen LogP contribution in [0.1, 0.15) is 15.9 Å². The van der Waals surface area contributed by atoms with E-state index in [1.165, 1.54) is 30.3 Å². The lowest BCUT2D eigenvalue weighted by atomic mass is 10.1. The van der Waals surface area contributed by atoms with Crippen LogP contribution in [0, 0.1) is 10.1 Å². The molecule has 2 aromatic rings. The number of carbonyl (C=O) groups is 1. The zero-order chi connectivity index (χ0) is 19.3. The molecule has 0 saturated heterocycles. The quantitative estimate of drug-likeness (QED) is 0.596. The molecule has 0 bridgehead atoms. The number of benzene rings is 2. The number of halogens is 4. The topological polar surface area (TPSA) is 81.5 Å². The number of hydrogen-bond acceptors (Lipinski definition) is 4. The maximum absolute atomic E-state index is 12.2. The van der Waals surface area contributed by atoms with E-state index in [0.717, 1.165) is 6.07 Å². The number of carbonyl (C=O) groups excluding carboxylic acids is 1. The molecule has 6 nitrogen and oxygen atoms in total. The molecular weight excluding hydrogens is 377 g/mol. The van der Waals surface area contributed by atoms with E-state index in [2.05, 4.69) is 10.1 Å². The van der Waals surface area contributed by atoms with Crippen LogP contribution in [0.2, 0.25) is 5.02 Å². The minimum atomic E-state index is -4.46. The Kier molecular flexibility index (Phi) is 6.04. The summed E-state index contributed by atoms with van der Waals surface area (Å²) in [5.74, 6) is -0.721. The van der Waals surface area contributed by atoms with Crippen LogP contribution in [0.5, 0.6) is 5.75 Å². The lowest BCUT2D eigenvalue weighted by Gasteiger charge is -2.11. The summed E-state index contributed by atoms with van der Waals surface area (Å²) in [6.07, 6.45) is -4.46. The molecule has 0 aliphatic heterocycles. The Bertz CT molecular complexity index is 827. The molecule has 26 heavy (non-hydrogen) atoms. The van der Waals surface area contributed by atoms with Gasteiger partial charge in [0.15, 0.2) is 6.61 Å². The number of alkyl halides is 3. The molecule has 0 aliphatic carbocycles. The highest BCUT2D eigenvalue weighted by Crippen LogP contribution is 2.23. The van der Waals surface area contributed by atoms with Crippen molar-refractivity contribution in [3.8, 4) is 5.75 Å². The minimum Gasteiger partial charge on any atom is -0.484 e. The van der Waals surface area contributed by atoms with Crippen molar-refractivity contribution in [1.82, 2.24) is 5.32 Å². The highest BCUT2D eigenvalue weighted by Gasteiger charge is 2.28. The van der Waals surface area contributed by atoms with Crippen molar-refractivity contribution in [2.24, 2.45) is 0 Å². The fraction of sp³-hybridized carbons (Fsp3) is 0.188. The van der Waals surface area contributed by atoms with Gasteiger partial charge < -0.3 is 10.1 Å². The summed E-state index contributed by atoms with van der Waals surface area (Å²) in [6.45, 7) is -1.48. The Balaban J connectivity index is 2.05. The molecule has 2 aromatic carbocycles. The van der Waals surface area contributed by atoms with Crippen molar-refractivity contribution >= 4 is 23.2 Å². The van der Waals surface area contributed by atoms with Crippen molar-refractivity contribution in [2.45, 2.75) is 12.7 Å². The monoisotopic (exact) mass is 388 g/mol. The molecule has 10 heteroatoms. The zero-order valence-corrected chi connectivity index (χ0v) is 13.8. The number of nitrogens with zero attached hydrogens (tertiary/aromatic N) is 1. The fourth-order valence-corrected chi connectivity index (χ4v) is 2.20. The van der Waals surface area contributed by atoms with E-state index in [-0.39, 0.29) is 22.9 Å². The number of nitrogens with one attached hydrogen (secondary N) is 1. The molecule has 138 valence electrons. The van der Waals surface area contributed by atoms with Gasteiger partial charge in [0.1, 0.15) is 11.3 Å². The van der Waals surface area contributed by atoms with Crippen LogP contribution in [-0.2, 0) is 6.54 Å². The van der Waals surface area contributed by atoms with E-state index in [9.17, 15) is 28.1 Å². The van der Waals surface area contributed by atoms with E-state index < -0.39 is 29.3 Å². The second kappa shape index (κ2) is 8.05. The molecule has 0 radical (unpaired) electrons. The first-order chi connectivity index (χ1) is 12.2. The fourth-order valence-electron chi connectivity index (χ4n) is 2.04. The average molecular weight is 389 g/mol. The van der Waals surface area contributed by atoms with E-state index in [4.69, 9.17) is 11.6 Å². The molecule has 0 aromatic heterocycles. The summed E-state index contributed by atoms with van der Waals surface area (Å²) in [4.78, 5) is 22.4. The second-order valence-corrected chi connectivity index (χ2v) is 5.59. The lowest BCUT2D eigenvalue weighted by Crippen LogP contribution is -2.23. The summed E-state index contributed by atoms with van der Waals surface area (Å²) in [5, 5.41) is 13.6. The van der Waals surface area contributed by atoms with E-state index in [0.29, 0.717) is 5.56 Å². The number of rotatable bonds is 6. The maximum atomic E-state index is 12.2. The van der Waals surface area contributed by atoms with Gasteiger partial charge in [-0.2, -0.15) is 13.2 Å². The van der Waals surface area contributed by atoms with Gasteiger partial charge in [0.25, 0.3) is 11.6 Å². The van der Waals surface area contributed by atoms with Gasteiger partial charge >= 0.3 is 6.18 Å². The normalized spacial score (nSPS) is 11.1. The Hall–Kier alpha value is -2.81. The van der Waals surface area contributed by atoms with Crippen LogP contribution in [0.4, 0.5) is 18.9 Å². The van der Waals surface area contributed by atoms with Gasteiger partial charge in [0, 0.05) is 17.6 Å². The summed E-state index contributed by atoms with van der Waals surface area (Å²) in [7, 11) is 0. The Morgan fingerprint density at radius 3 is 2.62 bits per heavy atom. The number of hydrogen-bond donors (Lipinski definition) is 1. The molecule has 0 saturated carbocycles. The Morgan fingerprint density at radius 2 is 1.96 bits per heavy atom. The van der Waals surface area contributed by atoms with Gasteiger partial charge in [-0.25, -0.2) is 0 Å². The van der Waals surface area contributed by atoms with Gasteiger partial charge in [-0.1, -0.05) is 23.7 Å². The number of ether oxygens (including phenoxy) is 1. The lowest BCUT2D eigenvalue weighted by molar-refractivity contribution is -0.385. The van der Waals surface area contributed by atoms with Crippen LogP contribution < -0.4 is 10.1 Å². The first kappa shape index (κ1) is 19.5. The van der Waals surface area contributed by atoms with Gasteiger partial charge in [0.2, 0.25) is 0 Å². The van der Waals surface area contributed by atoms with Crippen LogP contribution in [0.25, 0.3) is 0 Å². The van der Waals surface area contributed by atoms with Gasteiger partial charge in [-0.3, -0.25) is 14.9 Å². The van der Waals surface area contributed by atoms with Crippen molar-refractivity contribution < 1.29 is 27.6 Å². The Morgan fingerprint density at radius 1 is 1.23 bits per heavy atom. The molecule has 2 rings (SSSR count). The van der Waals surface area contributed by atoms with E-state index in [1.54, 1.807) is 6.07 Å².